The van der Waals surface area contributed by atoms with Crippen molar-refractivity contribution in [1.82, 2.24) is 25.1 Å². The number of carbonyl (C=O) groups excluding carboxylic acids is 1. The highest BCUT2D eigenvalue weighted by Gasteiger charge is 2.08. The quantitative estimate of drug-likeness (QED) is 0.597. The molecule has 0 atom stereocenters. The zero-order valence-electron chi connectivity index (χ0n) is 10.7. The van der Waals surface area contributed by atoms with Gasteiger partial charge >= 0.3 is 6.03 Å². The number of amides is 2. The van der Waals surface area contributed by atoms with E-state index in [-0.39, 0.29) is 11.7 Å². The van der Waals surface area contributed by atoms with Crippen molar-refractivity contribution in [2.24, 2.45) is 0 Å². The number of H-pyrrole nitrogens is 1. The van der Waals surface area contributed by atoms with Crippen molar-refractivity contribution in [3.63, 3.8) is 0 Å². The summed E-state index contributed by atoms with van der Waals surface area (Å²) < 4.78 is 2.33. The summed E-state index contributed by atoms with van der Waals surface area (Å²) in [6.07, 6.45) is 1.55. The number of aromatic nitrogens is 4. The molecule has 106 valence electrons. The maximum absolute atomic E-state index is 11.8. The second kappa shape index (κ2) is 6.49. The summed E-state index contributed by atoms with van der Waals surface area (Å²) in [5.41, 5.74) is 0.445. The molecule has 7 nitrogen and oxygen atoms in total. The van der Waals surface area contributed by atoms with Gasteiger partial charge in [0.1, 0.15) is 0 Å². The lowest BCUT2D eigenvalue weighted by Gasteiger charge is -2.08. The molecule has 0 radical (unpaired) electrons. The van der Waals surface area contributed by atoms with Crippen molar-refractivity contribution >= 4 is 35.5 Å². The molecule has 0 aliphatic rings. The molecule has 0 bridgehead atoms. The first-order chi connectivity index (χ1) is 9.61. The SMILES string of the molecule is CCn1c(CNC(=O)Nc2cccnc2Cl)n[nH]c1=S. The van der Waals surface area contributed by atoms with Crippen molar-refractivity contribution < 1.29 is 4.79 Å². The van der Waals surface area contributed by atoms with Crippen LogP contribution in [0.15, 0.2) is 18.3 Å². The number of aromatic amines is 1. The van der Waals surface area contributed by atoms with Crippen LogP contribution in [0.5, 0.6) is 0 Å². The molecule has 2 aromatic heterocycles. The monoisotopic (exact) mass is 312 g/mol. The third-order valence-electron chi connectivity index (χ3n) is 2.57. The van der Waals surface area contributed by atoms with Gasteiger partial charge in [-0.05, 0) is 31.3 Å². The van der Waals surface area contributed by atoms with Gasteiger partial charge in [-0.25, -0.2) is 9.78 Å². The molecule has 0 spiro atoms. The molecular formula is C11H13ClN6OS. The van der Waals surface area contributed by atoms with Crippen molar-refractivity contribution in [2.75, 3.05) is 5.32 Å². The van der Waals surface area contributed by atoms with Gasteiger partial charge in [0.15, 0.2) is 15.7 Å². The predicted octanol–water partition coefficient (Wildman–Crippen LogP) is 2.33. The van der Waals surface area contributed by atoms with E-state index in [0.717, 1.165) is 0 Å². The normalized spacial score (nSPS) is 10.3. The molecule has 0 aliphatic carbocycles. The molecule has 3 N–H and O–H groups in total. The lowest BCUT2D eigenvalue weighted by Crippen LogP contribution is -2.29. The largest absolute Gasteiger partial charge is 0.331 e. The summed E-state index contributed by atoms with van der Waals surface area (Å²) in [6.45, 7) is 2.89. The Hall–Kier alpha value is -1.93. The van der Waals surface area contributed by atoms with E-state index in [4.69, 9.17) is 23.8 Å². The minimum atomic E-state index is -0.392. The Kier molecular flexibility index (Phi) is 4.70. The van der Waals surface area contributed by atoms with Crippen molar-refractivity contribution in [2.45, 2.75) is 20.0 Å². The minimum Gasteiger partial charge on any atom is -0.331 e. The molecule has 0 aliphatic heterocycles. The Labute approximate surface area is 125 Å². The first kappa shape index (κ1) is 14.5. The van der Waals surface area contributed by atoms with Crippen molar-refractivity contribution in [3.05, 3.63) is 34.1 Å². The van der Waals surface area contributed by atoms with Crippen molar-refractivity contribution in [3.8, 4) is 0 Å². The van der Waals surface area contributed by atoms with Crippen LogP contribution < -0.4 is 10.6 Å². The van der Waals surface area contributed by atoms with E-state index in [1.54, 1.807) is 22.9 Å². The molecule has 2 rings (SSSR count). The Morgan fingerprint density at radius 2 is 2.40 bits per heavy atom. The number of anilines is 1. The van der Waals surface area contributed by atoms with Crippen LogP contribution in [0, 0.1) is 4.77 Å². The van der Waals surface area contributed by atoms with Gasteiger partial charge in [-0.1, -0.05) is 11.6 Å². The van der Waals surface area contributed by atoms with Crippen LogP contribution in [0.2, 0.25) is 5.15 Å². The number of rotatable bonds is 4. The number of nitrogens with one attached hydrogen (secondary N) is 3. The van der Waals surface area contributed by atoms with Crippen LogP contribution in [-0.2, 0) is 13.1 Å². The zero-order valence-corrected chi connectivity index (χ0v) is 12.3. The first-order valence-electron chi connectivity index (χ1n) is 5.91. The van der Waals surface area contributed by atoms with Crippen LogP contribution >= 0.6 is 23.8 Å². The molecule has 20 heavy (non-hydrogen) atoms. The van der Waals surface area contributed by atoms with Gasteiger partial charge in [-0.15, -0.1) is 0 Å². The summed E-state index contributed by atoms with van der Waals surface area (Å²) in [7, 11) is 0. The maximum atomic E-state index is 11.8. The lowest BCUT2D eigenvalue weighted by atomic mass is 10.4. The molecule has 0 saturated carbocycles. The molecule has 0 saturated heterocycles. The fraction of sp³-hybridized carbons (Fsp3) is 0.273. The topological polar surface area (TPSA) is 87.6 Å². The van der Waals surface area contributed by atoms with Crippen LogP contribution in [0.1, 0.15) is 12.7 Å². The van der Waals surface area contributed by atoms with Gasteiger partial charge in [0, 0.05) is 12.7 Å². The average molecular weight is 313 g/mol. The molecule has 0 unspecified atom stereocenters. The van der Waals surface area contributed by atoms with Gasteiger partial charge < -0.3 is 15.2 Å². The highest BCUT2D eigenvalue weighted by Crippen LogP contribution is 2.16. The van der Waals surface area contributed by atoms with E-state index in [1.165, 1.54) is 0 Å². The van der Waals surface area contributed by atoms with E-state index >= 15 is 0 Å². The number of hydrogen-bond donors (Lipinski definition) is 3. The Morgan fingerprint density at radius 1 is 1.60 bits per heavy atom. The molecule has 0 aromatic carbocycles. The smallest absolute Gasteiger partial charge is 0.319 e. The summed E-state index contributed by atoms with van der Waals surface area (Å²) in [6, 6.07) is 2.96. The fourth-order valence-corrected chi connectivity index (χ4v) is 2.06. The van der Waals surface area contributed by atoms with Crippen LogP contribution in [0.25, 0.3) is 0 Å². The summed E-state index contributed by atoms with van der Waals surface area (Å²) in [4.78, 5) is 15.6. The molecule has 2 amide bonds. The highest BCUT2D eigenvalue weighted by molar-refractivity contribution is 7.71. The average Bonchev–Trinajstić information content (AvgIpc) is 2.79. The van der Waals surface area contributed by atoms with E-state index in [9.17, 15) is 4.79 Å². The van der Waals surface area contributed by atoms with E-state index in [2.05, 4.69) is 25.8 Å². The second-order valence-corrected chi connectivity index (χ2v) is 4.58. The van der Waals surface area contributed by atoms with Gasteiger partial charge in [-0.3, -0.25) is 5.10 Å². The minimum absolute atomic E-state index is 0.235. The first-order valence-corrected chi connectivity index (χ1v) is 6.70. The predicted molar refractivity (Wildman–Crippen MR) is 78.2 cm³/mol. The number of urea groups is 1. The van der Waals surface area contributed by atoms with Gasteiger partial charge in [-0.2, -0.15) is 5.10 Å². The Morgan fingerprint density at radius 3 is 3.10 bits per heavy atom. The molecular weight excluding hydrogens is 300 g/mol. The van der Waals surface area contributed by atoms with Crippen LogP contribution in [-0.4, -0.2) is 25.8 Å². The van der Waals surface area contributed by atoms with E-state index in [0.29, 0.717) is 22.8 Å². The summed E-state index contributed by atoms with van der Waals surface area (Å²) in [5, 5.41) is 12.3. The number of nitrogens with zero attached hydrogens (tertiary/aromatic N) is 3. The second-order valence-electron chi connectivity index (χ2n) is 3.84. The molecule has 0 fully saturated rings. The summed E-state index contributed by atoms with van der Waals surface area (Å²) >= 11 is 10.9. The maximum Gasteiger partial charge on any atom is 0.319 e. The van der Waals surface area contributed by atoms with Crippen molar-refractivity contribution in [1.29, 1.82) is 0 Å². The lowest BCUT2D eigenvalue weighted by molar-refractivity contribution is 0.251. The number of pyridine rings is 1. The van der Waals surface area contributed by atoms with E-state index in [1.807, 2.05) is 6.92 Å². The van der Waals surface area contributed by atoms with E-state index < -0.39 is 6.03 Å². The Balaban J connectivity index is 1.96. The molecule has 9 heteroatoms. The zero-order chi connectivity index (χ0) is 14.5. The highest BCUT2D eigenvalue weighted by atomic mass is 35.5. The standard InChI is InChI=1S/C11H13ClN6OS/c1-2-18-8(16-17-11(18)20)6-14-10(19)15-7-4-3-5-13-9(7)12/h3-5H,2,6H2,1H3,(H,17,20)(H2,14,15,19). The summed E-state index contributed by atoms with van der Waals surface area (Å²) in [5.74, 6) is 0.657. The number of halogens is 1. The van der Waals surface area contributed by atoms with Gasteiger partial charge in [0.2, 0.25) is 0 Å². The molecule has 2 heterocycles. The van der Waals surface area contributed by atoms with Crippen LogP contribution in [0.4, 0.5) is 10.5 Å². The molecule has 2 aromatic rings. The number of carbonyl (C=O) groups is 1. The Bertz CT molecular complexity index is 667. The third-order valence-corrected chi connectivity index (χ3v) is 3.18. The third kappa shape index (κ3) is 3.34. The van der Waals surface area contributed by atoms with Gasteiger partial charge in [0.05, 0.1) is 12.2 Å². The van der Waals surface area contributed by atoms with Gasteiger partial charge in [0.25, 0.3) is 0 Å². The van der Waals surface area contributed by atoms with Crippen LogP contribution in [0.3, 0.4) is 0 Å². The number of hydrogen-bond acceptors (Lipinski definition) is 4. The fourth-order valence-electron chi connectivity index (χ4n) is 1.62.